The lowest BCUT2D eigenvalue weighted by Crippen LogP contribution is -2.46. The van der Waals surface area contributed by atoms with Crippen molar-refractivity contribution in [2.24, 2.45) is 0 Å². The maximum atomic E-state index is 12.6. The summed E-state index contributed by atoms with van der Waals surface area (Å²) in [4.78, 5) is 23.7. The van der Waals surface area contributed by atoms with Crippen LogP contribution in [0.15, 0.2) is 17.9 Å². The summed E-state index contributed by atoms with van der Waals surface area (Å²) in [5.74, 6) is 0.133. The number of halogens is 2. The molecule has 1 amide bonds. The third-order valence-corrected chi connectivity index (χ3v) is 5.35. The lowest BCUT2D eigenvalue weighted by atomic mass is 9.80. The van der Waals surface area contributed by atoms with Crippen molar-refractivity contribution in [2.45, 2.75) is 44.6 Å². The molecule has 2 aliphatic rings. The topological polar surface area (TPSA) is 55.4 Å². The van der Waals surface area contributed by atoms with E-state index >= 15 is 0 Å². The standard InChI is InChI=1S/C17H17Cl2NO3/c1-10-7-11(13(19)8-12(10)18)14-15(23-9-21)17(20-16(14)22)5-3-2-4-6-17/h7-9H,2-6H2,1H3,(H,20,22). The Morgan fingerprint density at radius 3 is 2.52 bits per heavy atom. The van der Waals surface area contributed by atoms with Crippen molar-refractivity contribution >= 4 is 41.2 Å². The van der Waals surface area contributed by atoms with Gasteiger partial charge in [0.1, 0.15) is 5.76 Å². The number of benzene rings is 1. The van der Waals surface area contributed by atoms with Crippen LogP contribution in [-0.2, 0) is 14.3 Å². The van der Waals surface area contributed by atoms with E-state index in [1.807, 2.05) is 6.92 Å². The summed E-state index contributed by atoms with van der Waals surface area (Å²) >= 11 is 12.4. The Kier molecular flexibility index (Phi) is 4.39. The largest absolute Gasteiger partial charge is 0.430 e. The molecular weight excluding hydrogens is 337 g/mol. The second-order valence-electron chi connectivity index (χ2n) is 6.10. The van der Waals surface area contributed by atoms with Gasteiger partial charge >= 0.3 is 0 Å². The zero-order valence-electron chi connectivity index (χ0n) is 12.7. The van der Waals surface area contributed by atoms with Gasteiger partial charge in [-0.15, -0.1) is 0 Å². The molecule has 0 saturated heterocycles. The average molecular weight is 354 g/mol. The van der Waals surface area contributed by atoms with Crippen molar-refractivity contribution in [1.29, 1.82) is 0 Å². The van der Waals surface area contributed by atoms with Crippen molar-refractivity contribution < 1.29 is 14.3 Å². The van der Waals surface area contributed by atoms with E-state index in [2.05, 4.69) is 5.32 Å². The Labute approximate surface area is 144 Å². The van der Waals surface area contributed by atoms with E-state index in [0.717, 1.165) is 37.7 Å². The number of nitrogens with one attached hydrogen (secondary N) is 1. The molecule has 3 rings (SSSR count). The monoisotopic (exact) mass is 353 g/mol. The molecule has 0 radical (unpaired) electrons. The van der Waals surface area contributed by atoms with Crippen LogP contribution in [0.4, 0.5) is 0 Å². The second kappa shape index (κ2) is 6.17. The first-order chi connectivity index (χ1) is 11.0. The van der Waals surface area contributed by atoms with Gasteiger partial charge in [0, 0.05) is 10.6 Å². The summed E-state index contributed by atoms with van der Waals surface area (Å²) in [5.41, 5.74) is 1.10. The van der Waals surface area contributed by atoms with Gasteiger partial charge in [0.15, 0.2) is 0 Å². The minimum Gasteiger partial charge on any atom is -0.430 e. The van der Waals surface area contributed by atoms with E-state index in [9.17, 15) is 9.59 Å². The summed E-state index contributed by atoms with van der Waals surface area (Å²) in [6.07, 6.45) is 4.59. The van der Waals surface area contributed by atoms with E-state index in [-0.39, 0.29) is 5.91 Å². The Bertz CT molecular complexity index is 706. The number of aryl methyl sites for hydroxylation is 1. The van der Waals surface area contributed by atoms with Gasteiger partial charge in [0.2, 0.25) is 0 Å². The molecule has 1 aliphatic carbocycles. The number of hydrogen-bond donors (Lipinski definition) is 1. The van der Waals surface area contributed by atoms with Gasteiger partial charge in [-0.3, -0.25) is 9.59 Å². The highest BCUT2D eigenvalue weighted by Gasteiger charge is 2.48. The molecule has 0 atom stereocenters. The number of amides is 1. The number of hydrogen-bond acceptors (Lipinski definition) is 3. The third kappa shape index (κ3) is 2.74. The number of rotatable bonds is 3. The molecule has 1 saturated carbocycles. The molecule has 1 fully saturated rings. The predicted octanol–water partition coefficient (Wildman–Crippen LogP) is 4.02. The fourth-order valence-corrected chi connectivity index (χ4v) is 3.98. The number of carbonyl (C=O) groups excluding carboxylic acids is 2. The molecule has 1 aromatic rings. The summed E-state index contributed by atoms with van der Waals surface area (Å²) in [6.45, 7) is 2.22. The first-order valence-corrected chi connectivity index (χ1v) is 8.38. The lowest BCUT2D eigenvalue weighted by Gasteiger charge is -2.34. The van der Waals surface area contributed by atoms with Crippen molar-refractivity contribution in [3.05, 3.63) is 39.1 Å². The second-order valence-corrected chi connectivity index (χ2v) is 6.91. The molecule has 1 heterocycles. The van der Waals surface area contributed by atoms with Crippen LogP contribution in [0, 0.1) is 6.92 Å². The number of ether oxygens (including phenoxy) is 1. The maximum Gasteiger partial charge on any atom is 0.298 e. The molecule has 1 spiro atoms. The van der Waals surface area contributed by atoms with E-state index in [1.165, 1.54) is 0 Å². The summed E-state index contributed by atoms with van der Waals surface area (Å²) in [5, 5.41) is 3.92. The first kappa shape index (κ1) is 16.3. The van der Waals surface area contributed by atoms with E-state index in [1.54, 1.807) is 12.1 Å². The summed E-state index contributed by atoms with van der Waals surface area (Å²) < 4.78 is 5.28. The van der Waals surface area contributed by atoms with Gasteiger partial charge in [0.25, 0.3) is 12.4 Å². The SMILES string of the molecule is Cc1cc(C2=C(OC=O)C3(CCCCC3)NC2=O)c(Cl)cc1Cl. The van der Waals surface area contributed by atoms with Crippen LogP contribution in [0.5, 0.6) is 0 Å². The van der Waals surface area contributed by atoms with Crippen LogP contribution >= 0.6 is 23.2 Å². The maximum absolute atomic E-state index is 12.6. The first-order valence-electron chi connectivity index (χ1n) is 7.62. The Morgan fingerprint density at radius 2 is 1.87 bits per heavy atom. The van der Waals surface area contributed by atoms with Gasteiger partial charge in [-0.2, -0.15) is 0 Å². The highest BCUT2D eigenvalue weighted by atomic mass is 35.5. The zero-order valence-corrected chi connectivity index (χ0v) is 14.3. The van der Waals surface area contributed by atoms with Crippen molar-refractivity contribution in [1.82, 2.24) is 5.32 Å². The van der Waals surface area contributed by atoms with E-state index < -0.39 is 5.54 Å². The molecule has 0 bridgehead atoms. The normalized spacial score (nSPS) is 19.9. The molecule has 1 N–H and O–H groups in total. The van der Waals surface area contributed by atoms with Gasteiger partial charge < -0.3 is 10.1 Å². The minimum atomic E-state index is -0.595. The Balaban J connectivity index is 2.18. The summed E-state index contributed by atoms with van der Waals surface area (Å²) in [7, 11) is 0. The van der Waals surface area contributed by atoms with Crippen LogP contribution < -0.4 is 5.32 Å². The molecule has 122 valence electrons. The van der Waals surface area contributed by atoms with Crippen molar-refractivity contribution in [3.63, 3.8) is 0 Å². The molecule has 23 heavy (non-hydrogen) atoms. The molecule has 0 aromatic heterocycles. The number of carbonyl (C=O) groups is 2. The van der Waals surface area contributed by atoms with Crippen LogP contribution in [0.3, 0.4) is 0 Å². The van der Waals surface area contributed by atoms with Gasteiger partial charge in [-0.05, 0) is 37.5 Å². The molecule has 0 unspecified atom stereocenters. The van der Waals surface area contributed by atoms with Gasteiger partial charge in [-0.1, -0.05) is 42.5 Å². The van der Waals surface area contributed by atoms with Crippen molar-refractivity contribution in [3.8, 4) is 0 Å². The fourth-order valence-electron chi connectivity index (χ4n) is 3.50. The average Bonchev–Trinajstić information content (AvgIpc) is 2.76. The Hall–Kier alpha value is -1.52. The van der Waals surface area contributed by atoms with Gasteiger partial charge in [0.05, 0.1) is 16.1 Å². The third-order valence-electron chi connectivity index (χ3n) is 4.63. The minimum absolute atomic E-state index is 0.257. The molecule has 1 aromatic carbocycles. The van der Waals surface area contributed by atoms with Crippen molar-refractivity contribution in [2.75, 3.05) is 0 Å². The van der Waals surface area contributed by atoms with E-state index in [0.29, 0.717) is 33.4 Å². The molecule has 4 nitrogen and oxygen atoms in total. The summed E-state index contributed by atoms with van der Waals surface area (Å²) in [6, 6.07) is 3.37. The molecule has 6 heteroatoms. The van der Waals surface area contributed by atoms with E-state index in [4.69, 9.17) is 27.9 Å². The predicted molar refractivity (Wildman–Crippen MR) is 89.2 cm³/mol. The van der Waals surface area contributed by atoms with Crippen LogP contribution in [0.2, 0.25) is 10.0 Å². The van der Waals surface area contributed by atoms with Crippen LogP contribution in [0.1, 0.15) is 43.2 Å². The highest BCUT2D eigenvalue weighted by Crippen LogP contribution is 2.44. The molecule has 1 aliphatic heterocycles. The zero-order chi connectivity index (χ0) is 16.6. The van der Waals surface area contributed by atoms with Crippen LogP contribution in [0.25, 0.3) is 5.57 Å². The molecular formula is C17H17Cl2NO3. The lowest BCUT2D eigenvalue weighted by molar-refractivity contribution is -0.126. The quantitative estimate of drug-likeness (QED) is 0.835. The smallest absolute Gasteiger partial charge is 0.298 e. The highest BCUT2D eigenvalue weighted by molar-refractivity contribution is 6.38. The van der Waals surface area contributed by atoms with Gasteiger partial charge in [-0.25, -0.2) is 0 Å². The van der Waals surface area contributed by atoms with Crippen LogP contribution in [-0.4, -0.2) is 17.9 Å². The fraction of sp³-hybridized carbons (Fsp3) is 0.412. The Morgan fingerprint density at radius 1 is 1.17 bits per heavy atom.